The Bertz CT molecular complexity index is 1100. The zero-order valence-corrected chi connectivity index (χ0v) is 17.0. The summed E-state index contributed by atoms with van der Waals surface area (Å²) in [6.07, 6.45) is 0. The molecule has 0 spiro atoms. The van der Waals surface area contributed by atoms with Crippen molar-refractivity contribution >= 4 is 28.4 Å². The highest BCUT2D eigenvalue weighted by atomic mass is 32.2. The smallest absolute Gasteiger partial charge is 0.173 e. The minimum atomic E-state index is -0.0724. The first-order valence-corrected chi connectivity index (χ1v) is 9.65. The summed E-state index contributed by atoms with van der Waals surface area (Å²) >= 11 is 1.27. The van der Waals surface area contributed by atoms with E-state index in [1.54, 1.807) is 25.3 Å². The highest BCUT2D eigenvalue weighted by Gasteiger charge is 2.14. The Labute approximate surface area is 168 Å². The first-order chi connectivity index (χ1) is 13.5. The van der Waals surface area contributed by atoms with Crippen molar-refractivity contribution in [2.45, 2.75) is 18.9 Å². The van der Waals surface area contributed by atoms with Crippen molar-refractivity contribution in [1.29, 1.82) is 5.26 Å². The Kier molecular flexibility index (Phi) is 5.86. The fraction of sp³-hybridized carbons (Fsp3) is 0.227. The Morgan fingerprint density at radius 1 is 1.07 bits per heavy atom. The SMILES string of the molecule is COc1ccc(C(=O)CSc2nc3cc(C)c(C)cc3cc2C#N)cc1OC. The lowest BCUT2D eigenvalue weighted by Crippen LogP contribution is -2.04. The van der Waals surface area contributed by atoms with Crippen LogP contribution in [0.2, 0.25) is 0 Å². The lowest BCUT2D eigenvalue weighted by Gasteiger charge is -2.10. The minimum absolute atomic E-state index is 0.0724. The Morgan fingerprint density at radius 3 is 2.46 bits per heavy atom. The molecule has 0 atom stereocenters. The van der Waals surface area contributed by atoms with E-state index in [-0.39, 0.29) is 11.5 Å². The zero-order valence-electron chi connectivity index (χ0n) is 16.2. The third-order valence-electron chi connectivity index (χ3n) is 4.56. The highest BCUT2D eigenvalue weighted by Crippen LogP contribution is 2.30. The molecule has 6 heteroatoms. The fourth-order valence-electron chi connectivity index (χ4n) is 2.84. The van der Waals surface area contributed by atoms with Gasteiger partial charge in [0.15, 0.2) is 17.3 Å². The molecular weight excluding hydrogens is 372 g/mol. The number of ether oxygens (including phenoxy) is 2. The molecule has 1 heterocycles. The number of pyridine rings is 1. The van der Waals surface area contributed by atoms with Gasteiger partial charge in [0.2, 0.25) is 0 Å². The number of aryl methyl sites for hydroxylation is 2. The van der Waals surface area contributed by atoms with Crippen molar-refractivity contribution in [2.24, 2.45) is 0 Å². The number of nitrogens with zero attached hydrogens (tertiary/aromatic N) is 2. The van der Waals surface area contributed by atoms with E-state index in [1.807, 2.05) is 32.0 Å². The number of fused-ring (bicyclic) bond motifs is 1. The molecule has 3 aromatic rings. The van der Waals surface area contributed by atoms with Crippen LogP contribution in [0.4, 0.5) is 0 Å². The van der Waals surface area contributed by atoms with Gasteiger partial charge in [-0.1, -0.05) is 11.8 Å². The van der Waals surface area contributed by atoms with Gasteiger partial charge >= 0.3 is 0 Å². The number of rotatable bonds is 6. The summed E-state index contributed by atoms with van der Waals surface area (Å²) in [5.41, 5.74) is 4.12. The van der Waals surface area contributed by atoms with Crippen LogP contribution in [-0.4, -0.2) is 30.7 Å². The number of carbonyl (C=O) groups excluding carboxylic acids is 1. The van der Waals surface area contributed by atoms with E-state index in [2.05, 4.69) is 11.1 Å². The molecule has 3 rings (SSSR count). The summed E-state index contributed by atoms with van der Waals surface area (Å²) in [7, 11) is 3.08. The number of nitriles is 1. The highest BCUT2D eigenvalue weighted by molar-refractivity contribution is 8.00. The van der Waals surface area contributed by atoms with E-state index < -0.39 is 0 Å². The average Bonchev–Trinajstić information content (AvgIpc) is 2.71. The summed E-state index contributed by atoms with van der Waals surface area (Å²) in [5.74, 6) is 1.18. The number of Topliss-reactive ketones (excluding diaryl/α,β-unsaturated/α-hetero) is 1. The number of ketones is 1. The third kappa shape index (κ3) is 3.95. The van der Waals surface area contributed by atoms with Crippen molar-refractivity contribution in [2.75, 3.05) is 20.0 Å². The predicted molar refractivity (Wildman–Crippen MR) is 111 cm³/mol. The van der Waals surface area contributed by atoms with Gasteiger partial charge < -0.3 is 9.47 Å². The monoisotopic (exact) mass is 392 g/mol. The molecule has 28 heavy (non-hydrogen) atoms. The van der Waals surface area contributed by atoms with Crippen LogP contribution in [0.15, 0.2) is 41.4 Å². The molecule has 5 nitrogen and oxygen atoms in total. The molecular formula is C22H20N2O3S. The predicted octanol–water partition coefficient (Wildman–Crippen LogP) is 4.72. The maximum atomic E-state index is 12.6. The Hall–Kier alpha value is -3.04. The molecule has 0 bridgehead atoms. The maximum Gasteiger partial charge on any atom is 0.173 e. The van der Waals surface area contributed by atoms with Gasteiger partial charge in [0.25, 0.3) is 0 Å². The number of carbonyl (C=O) groups is 1. The van der Waals surface area contributed by atoms with Gasteiger partial charge in [0.1, 0.15) is 11.1 Å². The van der Waals surface area contributed by atoms with Gasteiger partial charge in [-0.2, -0.15) is 5.26 Å². The lowest BCUT2D eigenvalue weighted by molar-refractivity contribution is 0.102. The summed E-state index contributed by atoms with van der Waals surface area (Å²) in [5, 5.41) is 11.0. The first kappa shape index (κ1) is 19.7. The molecule has 0 saturated carbocycles. The number of methoxy groups -OCH3 is 2. The molecule has 0 amide bonds. The second-order valence-electron chi connectivity index (χ2n) is 6.36. The van der Waals surface area contributed by atoms with Crippen LogP contribution in [0.1, 0.15) is 27.0 Å². The largest absolute Gasteiger partial charge is 0.493 e. The van der Waals surface area contributed by atoms with Crippen LogP contribution in [0, 0.1) is 25.2 Å². The molecule has 1 aromatic heterocycles. The third-order valence-corrected chi connectivity index (χ3v) is 5.55. The second kappa shape index (κ2) is 8.32. The van der Waals surface area contributed by atoms with Crippen LogP contribution < -0.4 is 9.47 Å². The van der Waals surface area contributed by atoms with E-state index in [9.17, 15) is 10.1 Å². The number of benzene rings is 2. The molecule has 2 aromatic carbocycles. The van der Waals surface area contributed by atoms with E-state index in [0.29, 0.717) is 27.7 Å². The Morgan fingerprint density at radius 2 is 1.79 bits per heavy atom. The average molecular weight is 392 g/mol. The first-order valence-electron chi connectivity index (χ1n) is 8.67. The molecule has 0 aliphatic carbocycles. The normalized spacial score (nSPS) is 10.5. The molecule has 0 fully saturated rings. The van der Waals surface area contributed by atoms with E-state index in [0.717, 1.165) is 22.0 Å². The van der Waals surface area contributed by atoms with Gasteiger partial charge in [-0.05, 0) is 61.4 Å². The minimum Gasteiger partial charge on any atom is -0.493 e. The second-order valence-corrected chi connectivity index (χ2v) is 7.33. The topological polar surface area (TPSA) is 72.2 Å². The molecule has 0 saturated heterocycles. The van der Waals surface area contributed by atoms with Crippen LogP contribution in [0.3, 0.4) is 0 Å². The Balaban J connectivity index is 1.85. The van der Waals surface area contributed by atoms with Crippen molar-refractivity contribution in [3.05, 3.63) is 58.7 Å². The number of thioether (sulfide) groups is 1. The van der Waals surface area contributed by atoms with Gasteiger partial charge in [0, 0.05) is 10.9 Å². The fourth-order valence-corrected chi connectivity index (χ4v) is 3.70. The molecule has 0 unspecified atom stereocenters. The van der Waals surface area contributed by atoms with Gasteiger partial charge in [-0.3, -0.25) is 4.79 Å². The van der Waals surface area contributed by atoms with Crippen LogP contribution in [0.25, 0.3) is 10.9 Å². The molecule has 0 N–H and O–H groups in total. The molecule has 0 aliphatic heterocycles. The number of hydrogen-bond donors (Lipinski definition) is 0. The molecule has 142 valence electrons. The summed E-state index contributed by atoms with van der Waals surface area (Å²) < 4.78 is 10.5. The standard InChI is InChI=1S/C22H20N2O3S/c1-13-7-16-9-17(11-23)22(24-18(16)8-14(13)2)28-12-19(25)15-5-6-20(26-3)21(10-15)27-4/h5-10H,12H2,1-4H3. The summed E-state index contributed by atoms with van der Waals surface area (Å²) in [6.45, 7) is 4.06. The van der Waals surface area contributed by atoms with Crippen LogP contribution in [0.5, 0.6) is 11.5 Å². The van der Waals surface area contributed by atoms with E-state index >= 15 is 0 Å². The quantitative estimate of drug-likeness (QED) is 0.447. The summed E-state index contributed by atoms with van der Waals surface area (Å²) in [4.78, 5) is 17.2. The van der Waals surface area contributed by atoms with Gasteiger partial charge in [0.05, 0.1) is 31.1 Å². The summed E-state index contributed by atoms with van der Waals surface area (Å²) in [6, 6.07) is 13.1. The van der Waals surface area contributed by atoms with Crippen molar-refractivity contribution in [1.82, 2.24) is 4.98 Å². The number of hydrogen-bond acceptors (Lipinski definition) is 6. The van der Waals surface area contributed by atoms with Crippen LogP contribution >= 0.6 is 11.8 Å². The van der Waals surface area contributed by atoms with Gasteiger partial charge in [-0.15, -0.1) is 0 Å². The van der Waals surface area contributed by atoms with Gasteiger partial charge in [-0.25, -0.2) is 4.98 Å². The number of aromatic nitrogens is 1. The molecule has 0 aliphatic rings. The van der Waals surface area contributed by atoms with Crippen molar-refractivity contribution < 1.29 is 14.3 Å². The zero-order chi connectivity index (χ0) is 20.3. The maximum absolute atomic E-state index is 12.6. The van der Waals surface area contributed by atoms with Crippen molar-refractivity contribution in [3.63, 3.8) is 0 Å². The van der Waals surface area contributed by atoms with Crippen molar-refractivity contribution in [3.8, 4) is 17.6 Å². The lowest BCUT2D eigenvalue weighted by atomic mass is 10.1. The van der Waals surface area contributed by atoms with Crippen LogP contribution in [-0.2, 0) is 0 Å². The molecule has 0 radical (unpaired) electrons. The van der Waals surface area contributed by atoms with E-state index in [4.69, 9.17) is 9.47 Å². The van der Waals surface area contributed by atoms with E-state index in [1.165, 1.54) is 18.9 Å².